The summed E-state index contributed by atoms with van der Waals surface area (Å²) in [6.07, 6.45) is 86.8. The standard InChI is InChI=1S/C83H134O17P2/c1-5-9-13-17-21-25-29-32-35-37-38-40-42-45-49-52-56-60-64-68-81(86)94-74-79(100-83(88)70-66-62-58-54-50-46-43-39-36-33-30-26-22-18-14-10-6-2)76-98-102(91,92)96-72-77(84)71-95-101(89,90)97-75-78(99-82(87)69-65-61-57-53-47-28-24-20-16-12-8-4)73-93-80(85)67-63-59-55-51-48-44-41-34-31-27-23-19-15-11-7-3/h9-11,13-15,21-23,25-27,32-36,38,40-41,45,48-49,51,56,59-60,63,77-79,84H,5-8,12,16-20,24,28-31,37,39,42-44,46-47,50,52-55,57-58,61-62,64-76H2,1-4H3,(H,89,90)(H,91,92)/b13-9-,14-10-,15-11-,25-21-,26-22-,27-23-,35-32-,36-33-,40-38-,41-34-,49-45-,51-48-,60-56-,63-59-. The van der Waals surface area contributed by atoms with Crippen LogP contribution in [0.4, 0.5) is 0 Å². The Hall–Kier alpha value is -5.58. The minimum atomic E-state index is -5.01. The minimum absolute atomic E-state index is 0.0265. The molecule has 0 bridgehead atoms. The number of carbonyl (C=O) groups is 4. The Bertz CT molecular complexity index is 2600. The van der Waals surface area contributed by atoms with Crippen LogP contribution in [0.25, 0.3) is 0 Å². The van der Waals surface area contributed by atoms with Gasteiger partial charge in [0.2, 0.25) is 0 Å². The number of phosphoric acid groups is 2. The Kier molecular flexibility index (Phi) is 69.7. The number of hydrogen-bond acceptors (Lipinski definition) is 15. The molecule has 0 fully saturated rings. The molecule has 19 heteroatoms. The van der Waals surface area contributed by atoms with E-state index in [4.69, 9.17) is 37.0 Å². The Morgan fingerprint density at radius 2 is 0.569 bits per heavy atom. The van der Waals surface area contributed by atoms with E-state index < -0.39 is 97.5 Å². The van der Waals surface area contributed by atoms with Gasteiger partial charge in [-0.05, 0) is 122 Å². The third kappa shape index (κ3) is 72.8. The van der Waals surface area contributed by atoms with Crippen LogP contribution in [0.1, 0.15) is 272 Å². The highest BCUT2D eigenvalue weighted by Crippen LogP contribution is 2.45. The molecule has 0 aliphatic rings. The molecular weight excluding hydrogens is 1330 g/mol. The highest BCUT2D eigenvalue weighted by Gasteiger charge is 2.30. The zero-order valence-electron chi connectivity index (χ0n) is 63.0. The summed E-state index contributed by atoms with van der Waals surface area (Å²) in [5, 5.41) is 10.6. The van der Waals surface area contributed by atoms with Crippen molar-refractivity contribution in [2.45, 2.75) is 290 Å². The van der Waals surface area contributed by atoms with Crippen LogP contribution in [0.15, 0.2) is 170 Å². The molecule has 0 aromatic rings. The number of phosphoric ester groups is 2. The normalized spacial score (nSPS) is 14.9. The number of rotatable bonds is 70. The molecule has 0 spiro atoms. The van der Waals surface area contributed by atoms with Crippen molar-refractivity contribution in [2.75, 3.05) is 39.6 Å². The third-order valence-corrected chi connectivity index (χ3v) is 17.1. The number of aliphatic hydroxyl groups is 1. The lowest BCUT2D eigenvalue weighted by Gasteiger charge is -2.21. The van der Waals surface area contributed by atoms with Gasteiger partial charge in [-0.2, -0.15) is 0 Å². The van der Waals surface area contributed by atoms with Gasteiger partial charge in [-0.3, -0.25) is 37.3 Å². The third-order valence-electron chi connectivity index (χ3n) is 15.2. The fraction of sp³-hybridized carbons (Fsp3) is 0.614. The molecule has 0 aliphatic heterocycles. The Labute approximate surface area is 616 Å². The molecule has 3 N–H and O–H groups in total. The largest absolute Gasteiger partial charge is 0.472 e. The highest BCUT2D eigenvalue weighted by molar-refractivity contribution is 7.47. The predicted molar refractivity (Wildman–Crippen MR) is 417 cm³/mol. The van der Waals surface area contributed by atoms with Crippen molar-refractivity contribution in [3.8, 4) is 0 Å². The topological polar surface area (TPSA) is 237 Å². The molecule has 17 nitrogen and oxygen atoms in total. The minimum Gasteiger partial charge on any atom is -0.462 e. The van der Waals surface area contributed by atoms with Crippen molar-refractivity contribution in [2.24, 2.45) is 0 Å². The number of unbranched alkanes of at least 4 members (excludes halogenated alkanes) is 17. The van der Waals surface area contributed by atoms with Crippen molar-refractivity contribution in [3.05, 3.63) is 170 Å². The van der Waals surface area contributed by atoms with Crippen LogP contribution < -0.4 is 0 Å². The van der Waals surface area contributed by atoms with E-state index in [1.807, 2.05) is 36.5 Å². The van der Waals surface area contributed by atoms with Crippen molar-refractivity contribution >= 4 is 39.5 Å². The van der Waals surface area contributed by atoms with Crippen LogP contribution >= 0.6 is 15.6 Å². The monoisotopic (exact) mass is 1460 g/mol. The Balaban J connectivity index is 5.48. The molecule has 578 valence electrons. The first kappa shape index (κ1) is 96.4. The first-order valence-corrected chi connectivity index (χ1v) is 41.4. The lowest BCUT2D eigenvalue weighted by atomic mass is 10.1. The summed E-state index contributed by atoms with van der Waals surface area (Å²) in [7, 11) is -10.0. The zero-order chi connectivity index (χ0) is 74.6. The number of ether oxygens (including phenoxy) is 4. The second-order valence-electron chi connectivity index (χ2n) is 24.8. The van der Waals surface area contributed by atoms with E-state index in [9.17, 15) is 43.2 Å². The predicted octanol–water partition coefficient (Wildman–Crippen LogP) is 22.2. The fourth-order valence-electron chi connectivity index (χ4n) is 9.51. The van der Waals surface area contributed by atoms with Gasteiger partial charge >= 0.3 is 39.5 Å². The molecule has 0 saturated carbocycles. The molecule has 0 aromatic carbocycles. The number of hydrogen-bond donors (Lipinski definition) is 3. The quantitative estimate of drug-likeness (QED) is 0.0169. The second-order valence-corrected chi connectivity index (χ2v) is 27.7. The molecule has 0 aliphatic carbocycles. The van der Waals surface area contributed by atoms with E-state index in [0.29, 0.717) is 32.1 Å². The first-order chi connectivity index (χ1) is 49.7. The highest BCUT2D eigenvalue weighted by atomic mass is 31.2. The summed E-state index contributed by atoms with van der Waals surface area (Å²) in [5.41, 5.74) is 0. The maximum atomic E-state index is 13.1. The van der Waals surface area contributed by atoms with Gasteiger partial charge in [-0.25, -0.2) is 9.13 Å². The molecule has 102 heavy (non-hydrogen) atoms. The van der Waals surface area contributed by atoms with E-state index >= 15 is 0 Å². The van der Waals surface area contributed by atoms with Crippen LogP contribution in [-0.4, -0.2) is 96.7 Å². The molecule has 5 atom stereocenters. The summed E-state index contributed by atoms with van der Waals surface area (Å²) in [6.45, 7) is 4.29. The smallest absolute Gasteiger partial charge is 0.462 e. The molecular formula is C83H134O17P2. The zero-order valence-corrected chi connectivity index (χ0v) is 64.8. The summed E-state index contributed by atoms with van der Waals surface area (Å²) >= 11 is 0. The van der Waals surface area contributed by atoms with Gasteiger partial charge in [0.1, 0.15) is 19.3 Å². The van der Waals surface area contributed by atoms with Gasteiger partial charge < -0.3 is 33.8 Å². The molecule has 0 rings (SSSR count). The Morgan fingerprint density at radius 3 is 0.912 bits per heavy atom. The van der Waals surface area contributed by atoms with E-state index in [-0.39, 0.29) is 25.7 Å². The molecule has 0 aromatic heterocycles. The lowest BCUT2D eigenvalue weighted by Crippen LogP contribution is -2.30. The van der Waals surface area contributed by atoms with Crippen LogP contribution in [0.3, 0.4) is 0 Å². The van der Waals surface area contributed by atoms with E-state index in [2.05, 4.69) is 155 Å². The van der Waals surface area contributed by atoms with Gasteiger partial charge in [0.15, 0.2) is 12.2 Å². The van der Waals surface area contributed by atoms with Gasteiger partial charge in [0.25, 0.3) is 0 Å². The maximum absolute atomic E-state index is 13.1. The van der Waals surface area contributed by atoms with Crippen LogP contribution in [0, 0.1) is 0 Å². The second kappa shape index (κ2) is 73.7. The van der Waals surface area contributed by atoms with Crippen molar-refractivity contribution < 1.29 is 80.2 Å². The number of aliphatic hydroxyl groups excluding tert-OH is 1. The average molecular weight is 1470 g/mol. The number of allylic oxidation sites excluding steroid dienone is 27. The van der Waals surface area contributed by atoms with E-state index in [1.54, 1.807) is 6.08 Å². The number of carbonyl (C=O) groups excluding carboxylic acids is 4. The van der Waals surface area contributed by atoms with Gasteiger partial charge in [-0.15, -0.1) is 0 Å². The van der Waals surface area contributed by atoms with E-state index in [0.717, 1.165) is 148 Å². The number of esters is 4. The van der Waals surface area contributed by atoms with Gasteiger partial charge in [0.05, 0.1) is 32.8 Å². The molecule has 0 heterocycles. The van der Waals surface area contributed by atoms with E-state index in [1.165, 1.54) is 38.5 Å². The molecule has 0 saturated heterocycles. The summed E-state index contributed by atoms with van der Waals surface area (Å²) in [5.74, 6) is -2.44. The average Bonchev–Trinajstić information content (AvgIpc) is 0.921. The van der Waals surface area contributed by atoms with Crippen molar-refractivity contribution in [1.82, 2.24) is 0 Å². The summed E-state index contributed by atoms with van der Waals surface area (Å²) < 4.78 is 68.3. The van der Waals surface area contributed by atoms with Crippen LogP contribution in [0.5, 0.6) is 0 Å². The van der Waals surface area contributed by atoms with Gasteiger partial charge in [0, 0.05) is 19.3 Å². The molecule has 5 unspecified atom stereocenters. The Morgan fingerprint density at radius 1 is 0.294 bits per heavy atom. The van der Waals surface area contributed by atoms with Gasteiger partial charge in [-0.1, -0.05) is 294 Å². The summed E-state index contributed by atoms with van der Waals surface area (Å²) in [4.78, 5) is 72.8. The molecule has 0 amide bonds. The van der Waals surface area contributed by atoms with Crippen LogP contribution in [-0.2, 0) is 65.4 Å². The summed E-state index contributed by atoms with van der Waals surface area (Å²) in [6, 6.07) is 0. The maximum Gasteiger partial charge on any atom is 0.472 e. The van der Waals surface area contributed by atoms with Crippen LogP contribution in [0.2, 0.25) is 0 Å². The lowest BCUT2D eigenvalue weighted by molar-refractivity contribution is -0.161. The van der Waals surface area contributed by atoms with Crippen molar-refractivity contribution in [1.29, 1.82) is 0 Å². The SMILES string of the molecule is CC/C=C\C/C=C\C/C=C\C/C=C\C/C=C\C/C=C\CCC(=O)OCC(COP(=O)(O)OCC(O)COP(=O)(O)OCC(COC(=O)C/C=C\C/C=C\C/C=C\C/C=C\C/C=C\CC)OC(=O)CCCCCCCCCCCCC)OC(=O)CCCCCCCCC/C=C\C/C=C\C/C=C\CC. The first-order valence-electron chi connectivity index (χ1n) is 38.4. The van der Waals surface area contributed by atoms with Crippen molar-refractivity contribution in [3.63, 3.8) is 0 Å². The molecule has 0 radical (unpaired) electrons. The fourth-order valence-corrected chi connectivity index (χ4v) is 11.1.